The molecule has 0 spiro atoms. The number of halogens is 2. The summed E-state index contributed by atoms with van der Waals surface area (Å²) in [5.74, 6) is 0. The molecule has 0 N–H and O–H groups in total. The van der Waals surface area contributed by atoms with Crippen LogP contribution in [0.15, 0.2) is 0 Å². The van der Waals surface area contributed by atoms with Gasteiger partial charge < -0.3 is 22.1 Å². The molecule has 0 rings (SSSR count). The number of hydrogen-bond acceptors (Lipinski definition) is 5. The van der Waals surface area contributed by atoms with Gasteiger partial charge in [0.05, 0.1) is 8.90 Å². The molecule has 5 nitrogen and oxygen atoms in total. The van der Waals surface area contributed by atoms with E-state index in [1.54, 1.807) is 0 Å². The summed E-state index contributed by atoms with van der Waals surface area (Å²) >= 11 is 7.26. The Morgan fingerprint density at radius 2 is 0.964 bits per heavy atom. The Labute approximate surface area is 193 Å². The molecule has 172 valence electrons. The zero-order chi connectivity index (χ0) is 22.1. The maximum absolute atomic E-state index is 5.90. The summed E-state index contributed by atoms with van der Waals surface area (Å²) in [4.78, 5) is 0. The first-order chi connectivity index (χ1) is 13.3. The van der Waals surface area contributed by atoms with Crippen molar-refractivity contribution in [2.75, 3.05) is 33.0 Å². The van der Waals surface area contributed by atoms with Crippen molar-refractivity contribution >= 4 is 49.2 Å². The molecule has 0 aromatic rings. The fourth-order valence-electron chi connectivity index (χ4n) is 2.45. The molecule has 9 heteroatoms. The highest BCUT2D eigenvalue weighted by atomic mass is 79.9. The summed E-state index contributed by atoms with van der Waals surface area (Å²) in [5.41, 5.74) is 0. The monoisotopic (exact) mass is 566 g/mol. The van der Waals surface area contributed by atoms with Gasteiger partial charge in [-0.2, -0.15) is 0 Å². The lowest BCUT2D eigenvalue weighted by molar-refractivity contribution is 0.0697. The van der Waals surface area contributed by atoms with E-state index in [0.29, 0.717) is 24.3 Å². The molecule has 0 heterocycles. The van der Waals surface area contributed by atoms with Gasteiger partial charge in [0.2, 0.25) is 0 Å². The van der Waals surface area contributed by atoms with Gasteiger partial charge in [-0.05, 0) is 53.0 Å². The first kappa shape index (κ1) is 31.4. The third kappa shape index (κ3) is 12.1. The summed E-state index contributed by atoms with van der Waals surface area (Å²) in [6, 6.07) is 0. The van der Waals surface area contributed by atoms with Crippen molar-refractivity contribution < 1.29 is 22.1 Å². The fraction of sp³-hybridized carbons (Fsp3) is 1.00. The topological polar surface area (TPSA) is 46.2 Å². The quantitative estimate of drug-likeness (QED) is 0.160. The van der Waals surface area contributed by atoms with Crippen molar-refractivity contribution in [2.45, 2.75) is 89.6 Å². The Kier molecular flexibility index (Phi) is 21.2. The minimum Gasteiger partial charge on any atom is -0.394 e. The molecule has 0 radical (unpaired) electrons. The second kappa shape index (κ2) is 18.9. The maximum atomic E-state index is 5.90. The van der Waals surface area contributed by atoms with E-state index in [4.69, 9.17) is 22.1 Å². The predicted molar refractivity (Wildman–Crippen MR) is 131 cm³/mol. The molecule has 28 heavy (non-hydrogen) atoms. The van der Waals surface area contributed by atoms with Crippen LogP contribution >= 0.6 is 31.9 Å². The summed E-state index contributed by atoms with van der Waals surface area (Å²) in [6.07, 6.45) is 4.13. The van der Waals surface area contributed by atoms with Gasteiger partial charge in [0.25, 0.3) is 0 Å². The highest BCUT2D eigenvalue weighted by Gasteiger charge is 2.47. The van der Waals surface area contributed by atoms with Crippen molar-refractivity contribution in [3.05, 3.63) is 0 Å². The highest BCUT2D eigenvalue weighted by molar-refractivity contribution is 9.10. The smallest absolute Gasteiger partial charge is 0.394 e. The average Bonchev–Trinajstić information content (AvgIpc) is 2.70. The summed E-state index contributed by atoms with van der Waals surface area (Å²) in [5, 5.41) is 0. The van der Waals surface area contributed by atoms with Crippen LogP contribution in [0.1, 0.15) is 74.1 Å². The second-order valence-electron chi connectivity index (χ2n) is 6.37. The van der Waals surface area contributed by atoms with Gasteiger partial charge in [0.15, 0.2) is 0 Å². The Balaban J connectivity index is 0. The van der Waals surface area contributed by atoms with Gasteiger partial charge in [0.1, 0.15) is 0 Å². The molecular weight excluding hydrogens is 524 g/mol. The first-order valence-electron chi connectivity index (χ1n) is 10.7. The number of alkyl halides is 2. The molecule has 0 amide bonds. The molecule has 0 aliphatic rings. The zero-order valence-electron chi connectivity index (χ0n) is 19.3. The molecule has 0 bridgehead atoms. The van der Waals surface area contributed by atoms with Crippen LogP contribution in [0.5, 0.6) is 0 Å². The van der Waals surface area contributed by atoms with Crippen molar-refractivity contribution in [2.24, 2.45) is 0 Å². The number of rotatable bonds is 16. The van der Waals surface area contributed by atoms with Gasteiger partial charge in [-0.1, -0.05) is 59.6 Å². The summed E-state index contributed by atoms with van der Waals surface area (Å²) in [6.45, 7) is 20.1. The predicted octanol–water partition coefficient (Wildman–Crippen LogP) is 6.37. The second-order valence-corrected chi connectivity index (χ2v) is 16.3. The van der Waals surface area contributed by atoms with Gasteiger partial charge >= 0.3 is 17.4 Å². The zero-order valence-corrected chi connectivity index (χ0v) is 24.5. The van der Waals surface area contributed by atoms with Crippen molar-refractivity contribution in [3.8, 4) is 0 Å². The van der Waals surface area contributed by atoms with Gasteiger partial charge in [-0.25, -0.2) is 0 Å². The van der Waals surface area contributed by atoms with Crippen LogP contribution in [0.3, 0.4) is 0 Å². The SMILES string of the molecule is CCCO[Si](C)(OCCC)C(Br)CC.CCO[Si](OCC)(OCC)C(Br)CC. The fourth-order valence-corrected chi connectivity index (χ4v) is 9.34. The molecule has 0 fully saturated rings. The van der Waals surface area contributed by atoms with Crippen molar-refractivity contribution in [3.63, 3.8) is 0 Å². The standard InChI is InChI=1S/C10H23BrO2Si.C9H21BrO3Si/c1-5-8-12-14(4,10(11)7-3)13-9-6-2;1-5-9(10)14(11-6-2,12-7-3)13-8-4/h10H,5-9H2,1-4H3;9H,5-8H2,1-4H3. The van der Waals surface area contributed by atoms with E-state index >= 15 is 0 Å². The van der Waals surface area contributed by atoms with Gasteiger partial charge in [0, 0.05) is 33.0 Å². The van der Waals surface area contributed by atoms with E-state index in [1.807, 2.05) is 20.8 Å². The largest absolute Gasteiger partial charge is 0.515 e. The highest BCUT2D eigenvalue weighted by Crippen LogP contribution is 2.24. The van der Waals surface area contributed by atoms with Gasteiger partial charge in [-0.15, -0.1) is 0 Å². The van der Waals surface area contributed by atoms with Gasteiger partial charge in [-0.3, -0.25) is 0 Å². The van der Waals surface area contributed by atoms with E-state index in [-0.39, 0.29) is 4.45 Å². The minimum absolute atomic E-state index is 0.190. The van der Waals surface area contributed by atoms with E-state index in [2.05, 4.69) is 66.1 Å². The van der Waals surface area contributed by atoms with Crippen LogP contribution in [0.2, 0.25) is 6.55 Å². The van der Waals surface area contributed by atoms with Crippen LogP contribution in [0, 0.1) is 0 Å². The lowest BCUT2D eigenvalue weighted by atomic mass is 10.5. The molecule has 0 saturated carbocycles. The van der Waals surface area contributed by atoms with Crippen LogP contribution in [0.4, 0.5) is 0 Å². The van der Waals surface area contributed by atoms with Crippen LogP contribution in [-0.2, 0) is 22.1 Å². The van der Waals surface area contributed by atoms with Crippen molar-refractivity contribution in [1.29, 1.82) is 0 Å². The maximum Gasteiger partial charge on any atom is 0.515 e. The Hall–Kier alpha value is 1.19. The third-order valence-electron chi connectivity index (χ3n) is 3.89. The molecule has 0 aromatic heterocycles. The van der Waals surface area contributed by atoms with E-state index < -0.39 is 17.4 Å². The normalized spacial score (nSPS) is 14.4. The average molecular weight is 569 g/mol. The molecule has 0 aliphatic heterocycles. The molecule has 0 aromatic carbocycles. The summed E-state index contributed by atoms with van der Waals surface area (Å²) < 4.78 is 29.5. The lowest BCUT2D eigenvalue weighted by Gasteiger charge is -2.31. The van der Waals surface area contributed by atoms with Crippen LogP contribution in [-0.4, -0.2) is 59.3 Å². The lowest BCUT2D eigenvalue weighted by Crippen LogP contribution is -2.54. The van der Waals surface area contributed by atoms with E-state index in [9.17, 15) is 0 Å². The third-order valence-corrected chi connectivity index (χ3v) is 15.7. The van der Waals surface area contributed by atoms with Crippen LogP contribution < -0.4 is 0 Å². The molecule has 2 unspecified atom stereocenters. The summed E-state index contributed by atoms with van der Waals surface area (Å²) in [7, 11) is -4.46. The van der Waals surface area contributed by atoms with Crippen molar-refractivity contribution in [1.82, 2.24) is 0 Å². The Morgan fingerprint density at radius 1 is 0.607 bits per heavy atom. The molecule has 0 saturated heterocycles. The number of hydrogen-bond donors (Lipinski definition) is 0. The molecule has 2 atom stereocenters. The minimum atomic E-state index is -2.48. The van der Waals surface area contributed by atoms with E-state index in [0.717, 1.165) is 38.9 Å². The molecular formula is C19H44Br2O5Si2. The van der Waals surface area contributed by atoms with E-state index in [1.165, 1.54) is 0 Å². The first-order valence-corrected chi connectivity index (χ1v) is 16.8. The van der Waals surface area contributed by atoms with Crippen LogP contribution in [0.25, 0.3) is 0 Å². The Bertz CT molecular complexity index is 329. The molecule has 0 aliphatic carbocycles. The Morgan fingerprint density at radius 3 is 1.21 bits per heavy atom.